The fourth-order valence-electron chi connectivity index (χ4n) is 3.11. The van der Waals surface area contributed by atoms with Gasteiger partial charge in [0.05, 0.1) is 10.0 Å². The average Bonchev–Trinajstić information content (AvgIpc) is 2.93. The van der Waals surface area contributed by atoms with Gasteiger partial charge in [-0.1, -0.05) is 35.3 Å². The highest BCUT2D eigenvalue weighted by atomic mass is 35.5. The molecule has 1 aromatic rings. The molecule has 0 bridgehead atoms. The zero-order valence-electron chi connectivity index (χ0n) is 12.3. The molecule has 2 atom stereocenters. The molecule has 0 aromatic heterocycles. The second-order valence-electron chi connectivity index (χ2n) is 5.74. The van der Waals surface area contributed by atoms with Crippen molar-refractivity contribution in [3.63, 3.8) is 0 Å². The first kappa shape index (κ1) is 17.0. The molecule has 2 unspecified atom stereocenters. The minimum absolute atomic E-state index is 0.0877. The Morgan fingerprint density at radius 1 is 1.38 bits per heavy atom. The van der Waals surface area contributed by atoms with Crippen LogP contribution in [0.1, 0.15) is 43.7 Å². The quantitative estimate of drug-likeness (QED) is 0.802. The SMILES string of the molecule is NC(CCN1CCCC1CCCO)c1cccc(Cl)c1Cl. The lowest BCUT2D eigenvalue weighted by Crippen LogP contribution is -2.32. The first-order valence-corrected chi connectivity index (χ1v) is 8.43. The maximum absolute atomic E-state index is 8.97. The Labute approximate surface area is 137 Å². The van der Waals surface area contributed by atoms with E-state index < -0.39 is 0 Å². The Balaban J connectivity index is 1.88. The minimum atomic E-state index is -0.0877. The van der Waals surface area contributed by atoms with Crippen molar-refractivity contribution < 1.29 is 5.11 Å². The first-order valence-electron chi connectivity index (χ1n) is 7.68. The highest BCUT2D eigenvalue weighted by molar-refractivity contribution is 6.42. The van der Waals surface area contributed by atoms with Crippen molar-refractivity contribution in [2.24, 2.45) is 5.73 Å². The smallest absolute Gasteiger partial charge is 0.0640 e. The third-order valence-corrected chi connectivity index (χ3v) is 5.14. The van der Waals surface area contributed by atoms with Crippen molar-refractivity contribution in [2.45, 2.75) is 44.2 Å². The molecule has 1 heterocycles. The third-order valence-electron chi connectivity index (χ3n) is 4.30. The van der Waals surface area contributed by atoms with Crippen LogP contribution < -0.4 is 5.73 Å². The summed E-state index contributed by atoms with van der Waals surface area (Å²) < 4.78 is 0. The van der Waals surface area contributed by atoms with Crippen molar-refractivity contribution in [3.05, 3.63) is 33.8 Å². The van der Waals surface area contributed by atoms with Crippen molar-refractivity contribution in [1.29, 1.82) is 0 Å². The number of benzene rings is 1. The number of rotatable bonds is 7. The Hall–Kier alpha value is -0.320. The molecular weight excluding hydrogens is 307 g/mol. The van der Waals surface area contributed by atoms with Gasteiger partial charge in [0, 0.05) is 25.2 Å². The molecule has 1 fully saturated rings. The molecule has 1 aliphatic heterocycles. The van der Waals surface area contributed by atoms with Gasteiger partial charge in [-0.25, -0.2) is 0 Å². The van der Waals surface area contributed by atoms with E-state index in [1.165, 1.54) is 12.8 Å². The number of hydrogen-bond donors (Lipinski definition) is 2. The van der Waals surface area contributed by atoms with E-state index in [9.17, 15) is 0 Å². The van der Waals surface area contributed by atoms with Crippen LogP contribution in [0.2, 0.25) is 10.0 Å². The molecular formula is C16H24Cl2N2O. The van der Waals surface area contributed by atoms with E-state index in [2.05, 4.69) is 4.90 Å². The Kier molecular flexibility index (Phi) is 6.77. The van der Waals surface area contributed by atoms with Gasteiger partial charge in [-0.2, -0.15) is 0 Å². The number of nitrogens with zero attached hydrogens (tertiary/aromatic N) is 1. The summed E-state index contributed by atoms with van der Waals surface area (Å²) in [7, 11) is 0. The van der Waals surface area contributed by atoms with Gasteiger partial charge in [-0.05, 0) is 50.3 Å². The molecule has 5 heteroatoms. The van der Waals surface area contributed by atoms with E-state index in [1.807, 2.05) is 12.1 Å². The first-order chi connectivity index (χ1) is 10.1. The molecule has 0 aliphatic carbocycles. The molecule has 118 valence electrons. The standard InChI is InChI=1S/C16H24Cl2N2O/c17-14-7-1-6-13(16(14)18)15(19)8-10-20-9-2-4-12(20)5-3-11-21/h1,6-7,12,15,21H,2-5,8-11,19H2. The zero-order chi connectivity index (χ0) is 15.2. The van der Waals surface area contributed by atoms with Crippen LogP contribution in [0.15, 0.2) is 18.2 Å². The molecule has 1 saturated heterocycles. The monoisotopic (exact) mass is 330 g/mol. The van der Waals surface area contributed by atoms with Gasteiger partial charge in [0.2, 0.25) is 0 Å². The predicted molar refractivity (Wildman–Crippen MR) is 88.9 cm³/mol. The van der Waals surface area contributed by atoms with Gasteiger partial charge in [0.15, 0.2) is 0 Å². The highest BCUT2D eigenvalue weighted by Crippen LogP contribution is 2.31. The van der Waals surface area contributed by atoms with E-state index in [4.69, 9.17) is 34.0 Å². The lowest BCUT2D eigenvalue weighted by atomic mass is 10.0. The highest BCUT2D eigenvalue weighted by Gasteiger charge is 2.24. The maximum Gasteiger partial charge on any atom is 0.0640 e. The van der Waals surface area contributed by atoms with E-state index in [0.717, 1.165) is 37.9 Å². The summed E-state index contributed by atoms with van der Waals surface area (Å²) in [5.41, 5.74) is 7.20. The summed E-state index contributed by atoms with van der Waals surface area (Å²) in [4.78, 5) is 2.49. The van der Waals surface area contributed by atoms with Gasteiger partial charge in [0.1, 0.15) is 0 Å². The Morgan fingerprint density at radius 2 is 2.19 bits per heavy atom. The summed E-state index contributed by atoms with van der Waals surface area (Å²) in [6.45, 7) is 2.38. The summed E-state index contributed by atoms with van der Waals surface area (Å²) in [5, 5.41) is 10.1. The predicted octanol–water partition coefficient (Wildman–Crippen LogP) is 3.62. The molecule has 0 amide bonds. The Bertz CT molecular complexity index is 456. The topological polar surface area (TPSA) is 49.5 Å². The summed E-state index contributed by atoms with van der Waals surface area (Å²) >= 11 is 12.3. The minimum Gasteiger partial charge on any atom is -0.396 e. The molecule has 3 N–H and O–H groups in total. The number of aliphatic hydroxyl groups excluding tert-OH is 1. The second kappa shape index (κ2) is 8.35. The fourth-order valence-corrected chi connectivity index (χ4v) is 3.56. The zero-order valence-corrected chi connectivity index (χ0v) is 13.8. The number of halogens is 2. The molecule has 0 saturated carbocycles. The second-order valence-corrected chi connectivity index (χ2v) is 6.52. The van der Waals surface area contributed by atoms with Crippen LogP contribution in [0.5, 0.6) is 0 Å². The molecule has 0 spiro atoms. The molecule has 3 nitrogen and oxygen atoms in total. The van der Waals surface area contributed by atoms with Crippen molar-refractivity contribution >= 4 is 23.2 Å². The van der Waals surface area contributed by atoms with E-state index in [1.54, 1.807) is 6.07 Å². The van der Waals surface area contributed by atoms with E-state index >= 15 is 0 Å². The third kappa shape index (κ3) is 4.57. The molecule has 1 aliphatic rings. The van der Waals surface area contributed by atoms with Crippen LogP contribution in [0, 0.1) is 0 Å². The van der Waals surface area contributed by atoms with Gasteiger partial charge in [0.25, 0.3) is 0 Å². The van der Waals surface area contributed by atoms with Gasteiger partial charge < -0.3 is 15.7 Å². The van der Waals surface area contributed by atoms with Crippen LogP contribution in [-0.2, 0) is 0 Å². The largest absolute Gasteiger partial charge is 0.396 e. The molecule has 2 rings (SSSR count). The molecule has 1 aromatic carbocycles. The van der Waals surface area contributed by atoms with Crippen LogP contribution in [0.4, 0.5) is 0 Å². The Morgan fingerprint density at radius 3 is 2.95 bits per heavy atom. The van der Waals surface area contributed by atoms with Crippen LogP contribution in [0.25, 0.3) is 0 Å². The van der Waals surface area contributed by atoms with Gasteiger partial charge in [-0.3, -0.25) is 0 Å². The summed E-state index contributed by atoms with van der Waals surface area (Å²) in [6.07, 6.45) is 5.29. The number of likely N-dealkylation sites (tertiary alicyclic amines) is 1. The summed E-state index contributed by atoms with van der Waals surface area (Å²) in [5.74, 6) is 0. The van der Waals surface area contributed by atoms with Gasteiger partial charge in [-0.15, -0.1) is 0 Å². The van der Waals surface area contributed by atoms with Crippen molar-refractivity contribution in [1.82, 2.24) is 4.90 Å². The normalized spacial score (nSPS) is 20.9. The van der Waals surface area contributed by atoms with Crippen LogP contribution in [0.3, 0.4) is 0 Å². The van der Waals surface area contributed by atoms with Crippen molar-refractivity contribution in [2.75, 3.05) is 19.7 Å². The average molecular weight is 331 g/mol. The lowest BCUT2D eigenvalue weighted by Gasteiger charge is -2.26. The van der Waals surface area contributed by atoms with Gasteiger partial charge >= 0.3 is 0 Å². The fraction of sp³-hybridized carbons (Fsp3) is 0.625. The summed E-state index contributed by atoms with van der Waals surface area (Å²) in [6, 6.07) is 6.13. The molecule has 21 heavy (non-hydrogen) atoms. The maximum atomic E-state index is 8.97. The van der Waals surface area contributed by atoms with Crippen LogP contribution >= 0.6 is 23.2 Å². The van der Waals surface area contributed by atoms with Crippen molar-refractivity contribution in [3.8, 4) is 0 Å². The lowest BCUT2D eigenvalue weighted by molar-refractivity contribution is 0.211. The van der Waals surface area contributed by atoms with Crippen LogP contribution in [-0.4, -0.2) is 35.7 Å². The number of nitrogens with two attached hydrogens (primary N) is 1. The van der Waals surface area contributed by atoms with E-state index in [-0.39, 0.29) is 12.6 Å². The van der Waals surface area contributed by atoms with E-state index in [0.29, 0.717) is 16.1 Å². The number of aliphatic hydroxyl groups is 1. The molecule has 0 radical (unpaired) electrons. The number of hydrogen-bond acceptors (Lipinski definition) is 3.